The third-order valence-corrected chi connectivity index (χ3v) is 6.09. The minimum absolute atomic E-state index is 0.121. The molecule has 0 aromatic heterocycles. The molecule has 0 saturated carbocycles. The van der Waals surface area contributed by atoms with E-state index in [1.807, 2.05) is 40.0 Å². The molecule has 0 aliphatic rings. The Balaban J connectivity index is 2.93. The molecule has 0 spiro atoms. The fraction of sp³-hybridized carbons (Fsp3) is 0.600. The maximum absolute atomic E-state index is 12.4. The van der Waals surface area contributed by atoms with Crippen molar-refractivity contribution in [3.8, 4) is 0 Å². The van der Waals surface area contributed by atoms with Crippen LogP contribution < -0.4 is 10.0 Å². The fourth-order valence-electron chi connectivity index (χ4n) is 1.69. The largest absolute Gasteiger partial charge is 0.313 e. The number of benzene rings is 1. The SMILES string of the molecule is CCNCc1cc(S(=O)(=O)NCC(C)(C)SC)ccc1C. The predicted molar refractivity (Wildman–Crippen MR) is 91.3 cm³/mol. The lowest BCUT2D eigenvalue weighted by molar-refractivity contribution is 0.570. The number of rotatable bonds is 8. The minimum atomic E-state index is -3.46. The first kappa shape index (κ1) is 18.5. The molecule has 21 heavy (non-hydrogen) atoms. The van der Waals surface area contributed by atoms with Crippen LogP contribution >= 0.6 is 11.8 Å². The molecule has 0 aliphatic carbocycles. The van der Waals surface area contributed by atoms with Crippen LogP contribution in [0.4, 0.5) is 0 Å². The standard InChI is InChI=1S/C15H26N2O2S2/c1-6-16-10-13-9-14(8-7-12(13)2)21(18,19)17-11-15(3,4)20-5/h7-9,16-17H,6,10-11H2,1-5H3. The second kappa shape index (κ2) is 7.63. The van der Waals surface area contributed by atoms with Crippen LogP contribution in [0.1, 0.15) is 31.9 Å². The van der Waals surface area contributed by atoms with Gasteiger partial charge in [-0.05, 0) is 56.8 Å². The highest BCUT2D eigenvalue weighted by Crippen LogP contribution is 2.21. The van der Waals surface area contributed by atoms with Crippen molar-refractivity contribution in [3.05, 3.63) is 29.3 Å². The lowest BCUT2D eigenvalue weighted by Gasteiger charge is -2.22. The monoisotopic (exact) mass is 330 g/mol. The number of hydrogen-bond donors (Lipinski definition) is 2. The van der Waals surface area contributed by atoms with E-state index in [9.17, 15) is 8.42 Å². The van der Waals surface area contributed by atoms with Gasteiger partial charge in [-0.3, -0.25) is 0 Å². The van der Waals surface area contributed by atoms with Gasteiger partial charge >= 0.3 is 0 Å². The van der Waals surface area contributed by atoms with E-state index in [4.69, 9.17) is 0 Å². The molecule has 4 nitrogen and oxygen atoms in total. The molecule has 1 aromatic rings. The normalized spacial score (nSPS) is 12.6. The molecule has 0 atom stereocenters. The van der Waals surface area contributed by atoms with Gasteiger partial charge in [-0.25, -0.2) is 13.1 Å². The highest BCUT2D eigenvalue weighted by Gasteiger charge is 2.21. The van der Waals surface area contributed by atoms with E-state index >= 15 is 0 Å². The summed E-state index contributed by atoms with van der Waals surface area (Å²) in [6.45, 7) is 10.0. The Morgan fingerprint density at radius 2 is 1.95 bits per heavy atom. The van der Waals surface area contributed by atoms with Crippen molar-refractivity contribution in [1.29, 1.82) is 0 Å². The summed E-state index contributed by atoms with van der Waals surface area (Å²) < 4.78 is 27.4. The third kappa shape index (κ3) is 5.62. The molecule has 1 aromatic carbocycles. The molecular formula is C15H26N2O2S2. The van der Waals surface area contributed by atoms with Crippen LogP contribution in [-0.4, -0.2) is 32.5 Å². The zero-order chi connectivity index (χ0) is 16.1. The van der Waals surface area contributed by atoms with Crippen molar-refractivity contribution in [2.45, 2.75) is 43.9 Å². The molecule has 0 unspecified atom stereocenters. The predicted octanol–water partition coefficient (Wildman–Crippen LogP) is 2.52. The Hall–Kier alpha value is -0.560. The minimum Gasteiger partial charge on any atom is -0.313 e. The summed E-state index contributed by atoms with van der Waals surface area (Å²) in [5.74, 6) is 0. The van der Waals surface area contributed by atoms with Gasteiger partial charge in [0.15, 0.2) is 0 Å². The van der Waals surface area contributed by atoms with E-state index < -0.39 is 10.0 Å². The van der Waals surface area contributed by atoms with Crippen LogP contribution in [0.5, 0.6) is 0 Å². The van der Waals surface area contributed by atoms with Gasteiger partial charge < -0.3 is 5.32 Å². The number of sulfonamides is 1. The lowest BCUT2D eigenvalue weighted by atomic mass is 10.1. The van der Waals surface area contributed by atoms with Gasteiger partial charge in [0.05, 0.1) is 4.90 Å². The molecule has 6 heteroatoms. The topological polar surface area (TPSA) is 58.2 Å². The van der Waals surface area contributed by atoms with Crippen LogP contribution in [0, 0.1) is 6.92 Å². The van der Waals surface area contributed by atoms with Crippen molar-refractivity contribution in [2.75, 3.05) is 19.3 Å². The van der Waals surface area contributed by atoms with Crippen LogP contribution in [-0.2, 0) is 16.6 Å². The molecule has 2 N–H and O–H groups in total. The van der Waals surface area contributed by atoms with Gasteiger partial charge in [-0.2, -0.15) is 11.8 Å². The Morgan fingerprint density at radius 1 is 1.29 bits per heavy atom. The van der Waals surface area contributed by atoms with E-state index in [1.54, 1.807) is 23.9 Å². The average molecular weight is 331 g/mol. The summed E-state index contributed by atoms with van der Waals surface area (Å²) in [5, 5.41) is 3.23. The van der Waals surface area contributed by atoms with Crippen LogP contribution in [0.2, 0.25) is 0 Å². The van der Waals surface area contributed by atoms with Crippen LogP contribution in [0.3, 0.4) is 0 Å². The summed E-state index contributed by atoms with van der Waals surface area (Å²) in [5.41, 5.74) is 2.11. The molecule has 0 aliphatic heterocycles. The van der Waals surface area contributed by atoms with Crippen LogP contribution in [0.25, 0.3) is 0 Å². The Kier molecular flexibility index (Phi) is 6.71. The third-order valence-electron chi connectivity index (χ3n) is 3.44. The molecule has 0 heterocycles. The van der Waals surface area contributed by atoms with Gasteiger partial charge in [0.25, 0.3) is 0 Å². The Labute approximate surface area is 133 Å². The zero-order valence-corrected chi connectivity index (χ0v) is 15.1. The number of hydrogen-bond acceptors (Lipinski definition) is 4. The average Bonchev–Trinajstić information content (AvgIpc) is 2.44. The van der Waals surface area contributed by atoms with Gasteiger partial charge in [-0.1, -0.05) is 13.0 Å². The fourth-order valence-corrected chi connectivity index (χ4v) is 3.26. The number of thioether (sulfide) groups is 1. The molecule has 0 bridgehead atoms. The van der Waals surface area contributed by atoms with Crippen LogP contribution in [0.15, 0.2) is 23.1 Å². The van der Waals surface area contributed by atoms with E-state index in [0.717, 1.165) is 17.7 Å². The van der Waals surface area contributed by atoms with Crippen molar-refractivity contribution < 1.29 is 8.42 Å². The Bertz CT molecular complexity index is 569. The van der Waals surface area contributed by atoms with Crippen molar-refractivity contribution in [3.63, 3.8) is 0 Å². The highest BCUT2D eigenvalue weighted by molar-refractivity contribution is 8.00. The van der Waals surface area contributed by atoms with E-state index in [0.29, 0.717) is 18.0 Å². The smallest absolute Gasteiger partial charge is 0.240 e. The summed E-state index contributed by atoms with van der Waals surface area (Å²) in [4.78, 5) is 0.331. The molecule has 0 amide bonds. The highest BCUT2D eigenvalue weighted by atomic mass is 32.2. The van der Waals surface area contributed by atoms with E-state index in [-0.39, 0.29) is 4.75 Å². The Morgan fingerprint density at radius 3 is 2.52 bits per heavy atom. The quantitative estimate of drug-likeness (QED) is 0.769. The lowest BCUT2D eigenvalue weighted by Crippen LogP contribution is -2.36. The summed E-state index contributed by atoms with van der Waals surface area (Å²) in [7, 11) is -3.46. The maximum atomic E-state index is 12.4. The summed E-state index contributed by atoms with van der Waals surface area (Å²) in [6, 6.07) is 5.28. The van der Waals surface area contributed by atoms with E-state index in [2.05, 4.69) is 10.0 Å². The first-order valence-corrected chi connectivity index (χ1v) is 9.77. The first-order valence-electron chi connectivity index (χ1n) is 7.07. The second-order valence-electron chi connectivity index (χ2n) is 5.66. The van der Waals surface area contributed by atoms with E-state index in [1.165, 1.54) is 0 Å². The maximum Gasteiger partial charge on any atom is 0.240 e. The molecule has 0 radical (unpaired) electrons. The molecule has 0 saturated heterocycles. The van der Waals surface area contributed by atoms with Crippen molar-refractivity contribution >= 4 is 21.8 Å². The molecule has 0 fully saturated rings. The summed E-state index contributed by atoms with van der Waals surface area (Å²) >= 11 is 1.64. The molecule has 120 valence electrons. The number of aryl methyl sites for hydroxylation is 1. The van der Waals surface area contributed by atoms with Gasteiger partial charge in [0.2, 0.25) is 10.0 Å². The van der Waals surface area contributed by atoms with Crippen molar-refractivity contribution in [2.24, 2.45) is 0 Å². The summed E-state index contributed by atoms with van der Waals surface area (Å²) in [6.07, 6.45) is 1.98. The van der Waals surface area contributed by atoms with Gasteiger partial charge in [0.1, 0.15) is 0 Å². The second-order valence-corrected chi connectivity index (χ2v) is 8.94. The number of nitrogens with one attached hydrogen (secondary N) is 2. The zero-order valence-electron chi connectivity index (χ0n) is 13.5. The van der Waals surface area contributed by atoms with Gasteiger partial charge in [-0.15, -0.1) is 0 Å². The molecule has 1 rings (SSSR count). The van der Waals surface area contributed by atoms with Gasteiger partial charge in [0, 0.05) is 17.8 Å². The molecular weight excluding hydrogens is 304 g/mol. The van der Waals surface area contributed by atoms with Crippen molar-refractivity contribution in [1.82, 2.24) is 10.0 Å². The first-order chi connectivity index (χ1) is 9.72.